The Morgan fingerprint density at radius 3 is 2.30 bits per heavy atom. The Balaban J connectivity index is 0.000000740. The number of nitrogens with one attached hydrogen (secondary N) is 3. The fraction of sp³-hybridized carbons (Fsp3) is 0.568. The lowest BCUT2D eigenvalue weighted by Gasteiger charge is -2.21. The predicted molar refractivity (Wildman–Crippen MR) is 181 cm³/mol. The number of hydrogen-bond donors (Lipinski definition) is 3. The fourth-order valence-electron chi connectivity index (χ4n) is 4.42. The van der Waals surface area contributed by atoms with E-state index in [1.165, 1.54) is 18.6 Å². The van der Waals surface area contributed by atoms with E-state index >= 15 is 0 Å². The van der Waals surface area contributed by atoms with Gasteiger partial charge in [-0.05, 0) is 80.2 Å². The highest BCUT2D eigenvalue weighted by atomic mass is 19.1. The van der Waals surface area contributed by atoms with E-state index in [-0.39, 0.29) is 30.1 Å². The fourth-order valence-corrected chi connectivity index (χ4v) is 4.42. The van der Waals surface area contributed by atoms with Crippen molar-refractivity contribution in [3.63, 3.8) is 0 Å². The van der Waals surface area contributed by atoms with Crippen molar-refractivity contribution in [1.82, 2.24) is 16.0 Å². The third kappa shape index (κ3) is 17.7. The van der Waals surface area contributed by atoms with Crippen molar-refractivity contribution >= 4 is 11.8 Å². The lowest BCUT2D eigenvalue weighted by Crippen LogP contribution is -2.49. The number of halogens is 1. The van der Waals surface area contributed by atoms with Gasteiger partial charge in [-0.1, -0.05) is 97.2 Å². The zero-order valence-corrected chi connectivity index (χ0v) is 28.3. The molecule has 44 heavy (non-hydrogen) atoms. The average Bonchev–Trinajstić information content (AvgIpc) is 3.82. The summed E-state index contributed by atoms with van der Waals surface area (Å²) >= 11 is 0. The van der Waals surface area contributed by atoms with Gasteiger partial charge in [-0.25, -0.2) is 4.39 Å². The molecule has 2 aromatic rings. The summed E-state index contributed by atoms with van der Waals surface area (Å²) in [4.78, 5) is 25.4. The Hall–Kier alpha value is -3.35. The van der Waals surface area contributed by atoms with E-state index in [2.05, 4.69) is 69.6 Å². The first-order valence-electron chi connectivity index (χ1n) is 16.6. The Bertz CT molecular complexity index is 1100. The van der Waals surface area contributed by atoms with Crippen LogP contribution in [0.15, 0.2) is 60.3 Å². The smallest absolute Gasteiger partial charge is 0.242 e. The number of carbonyl (C=O) groups excluding carboxylic acids is 2. The molecule has 3 N–H and O–H groups in total. The number of benzene rings is 2. The van der Waals surface area contributed by atoms with Crippen molar-refractivity contribution in [1.29, 1.82) is 0 Å². The molecule has 2 amide bonds. The summed E-state index contributed by atoms with van der Waals surface area (Å²) in [7, 11) is 0. The van der Waals surface area contributed by atoms with Crippen LogP contribution in [0.25, 0.3) is 0 Å². The van der Waals surface area contributed by atoms with Crippen LogP contribution in [0.5, 0.6) is 5.75 Å². The molecule has 0 aromatic heterocycles. The van der Waals surface area contributed by atoms with Crippen molar-refractivity contribution in [2.24, 2.45) is 11.8 Å². The van der Waals surface area contributed by atoms with Crippen molar-refractivity contribution in [3.05, 3.63) is 77.2 Å². The maximum Gasteiger partial charge on any atom is 0.242 e. The van der Waals surface area contributed by atoms with Crippen LogP contribution >= 0.6 is 0 Å². The second-order valence-electron chi connectivity index (χ2n) is 11.7. The molecule has 246 valence electrons. The van der Waals surface area contributed by atoms with Crippen molar-refractivity contribution in [2.45, 2.75) is 106 Å². The number of carbonyl (C=O) groups is 2. The number of rotatable bonds is 16. The quantitative estimate of drug-likeness (QED) is 0.180. The first-order valence-corrected chi connectivity index (χ1v) is 16.6. The molecule has 3 rings (SSSR count). The summed E-state index contributed by atoms with van der Waals surface area (Å²) in [6, 6.07) is 14.1. The SMILES string of the molecule is CC/C=C(/CC)NCC(=O)NC(CC1CC1)C(=O)NCC(C)Cc1ccccc1OCCC.CCC.Cc1cccc(F)c1. The van der Waals surface area contributed by atoms with E-state index < -0.39 is 6.04 Å². The van der Waals surface area contributed by atoms with E-state index in [0.717, 1.165) is 61.1 Å². The van der Waals surface area contributed by atoms with Crippen LogP contribution in [-0.2, 0) is 16.0 Å². The Kier molecular flexibility index (Phi) is 20.3. The Labute approximate surface area is 266 Å². The van der Waals surface area contributed by atoms with Crippen molar-refractivity contribution in [3.8, 4) is 5.75 Å². The molecule has 6 nitrogen and oxygen atoms in total. The van der Waals surface area contributed by atoms with Crippen LogP contribution in [0.4, 0.5) is 4.39 Å². The lowest BCUT2D eigenvalue weighted by molar-refractivity contribution is -0.128. The second kappa shape index (κ2) is 23.1. The number of allylic oxidation sites excluding steroid dienone is 2. The van der Waals surface area contributed by atoms with Crippen LogP contribution in [0, 0.1) is 24.6 Å². The molecular formula is C37H58FN3O3. The molecule has 2 aromatic carbocycles. The summed E-state index contributed by atoms with van der Waals surface area (Å²) in [5.41, 5.74) is 3.19. The molecule has 1 aliphatic carbocycles. The maximum atomic E-state index is 12.9. The first kappa shape index (κ1) is 38.7. The van der Waals surface area contributed by atoms with E-state index in [1.54, 1.807) is 6.07 Å². The maximum absolute atomic E-state index is 12.9. The van der Waals surface area contributed by atoms with Gasteiger partial charge in [-0.15, -0.1) is 0 Å². The van der Waals surface area contributed by atoms with Crippen LogP contribution in [0.1, 0.15) is 97.6 Å². The highest BCUT2D eigenvalue weighted by molar-refractivity contribution is 5.88. The minimum atomic E-state index is -0.473. The average molecular weight is 612 g/mol. The molecule has 7 heteroatoms. The zero-order valence-electron chi connectivity index (χ0n) is 28.3. The van der Waals surface area contributed by atoms with Crippen LogP contribution < -0.4 is 20.7 Å². The summed E-state index contributed by atoms with van der Waals surface area (Å²) in [6.45, 7) is 15.9. The summed E-state index contributed by atoms with van der Waals surface area (Å²) < 4.78 is 18.0. The van der Waals surface area contributed by atoms with Gasteiger partial charge in [-0.2, -0.15) is 0 Å². The molecule has 1 fully saturated rings. The number of amides is 2. The number of aryl methyl sites for hydroxylation is 1. The minimum absolute atomic E-state index is 0.0857. The van der Waals surface area contributed by atoms with E-state index in [9.17, 15) is 14.0 Å². The van der Waals surface area contributed by atoms with Gasteiger partial charge in [0.25, 0.3) is 0 Å². The van der Waals surface area contributed by atoms with Gasteiger partial charge < -0.3 is 20.7 Å². The third-order valence-electron chi connectivity index (χ3n) is 6.83. The predicted octanol–water partition coefficient (Wildman–Crippen LogP) is 7.90. The number of ether oxygens (including phenoxy) is 1. The Morgan fingerprint density at radius 1 is 1.02 bits per heavy atom. The summed E-state index contributed by atoms with van der Waals surface area (Å²) in [5.74, 6) is 1.34. The molecule has 1 aliphatic rings. The van der Waals surface area contributed by atoms with Crippen molar-refractivity contribution in [2.75, 3.05) is 19.7 Å². The van der Waals surface area contributed by atoms with Gasteiger partial charge in [0.2, 0.25) is 11.8 Å². The van der Waals surface area contributed by atoms with Gasteiger partial charge in [-0.3, -0.25) is 9.59 Å². The number of hydrogen-bond acceptors (Lipinski definition) is 4. The molecule has 0 spiro atoms. The number of para-hydroxylation sites is 1. The summed E-state index contributed by atoms with van der Waals surface area (Å²) in [5, 5.41) is 9.21. The molecule has 0 heterocycles. The van der Waals surface area contributed by atoms with Gasteiger partial charge in [0.1, 0.15) is 17.6 Å². The van der Waals surface area contributed by atoms with Crippen molar-refractivity contribution < 1.29 is 18.7 Å². The molecule has 0 saturated heterocycles. The lowest BCUT2D eigenvalue weighted by atomic mass is 10.00. The molecule has 1 saturated carbocycles. The van der Waals surface area contributed by atoms with E-state index in [1.807, 2.05) is 31.2 Å². The minimum Gasteiger partial charge on any atom is -0.493 e. The van der Waals surface area contributed by atoms with Gasteiger partial charge in [0, 0.05) is 12.2 Å². The molecule has 2 unspecified atom stereocenters. The molecule has 0 radical (unpaired) electrons. The van der Waals surface area contributed by atoms with Crippen LogP contribution in [0.3, 0.4) is 0 Å². The largest absolute Gasteiger partial charge is 0.493 e. The monoisotopic (exact) mass is 611 g/mol. The molecular weight excluding hydrogens is 553 g/mol. The van der Waals surface area contributed by atoms with E-state index in [4.69, 9.17) is 4.74 Å². The third-order valence-corrected chi connectivity index (χ3v) is 6.83. The highest BCUT2D eigenvalue weighted by Crippen LogP contribution is 2.33. The molecule has 0 bridgehead atoms. The highest BCUT2D eigenvalue weighted by Gasteiger charge is 2.30. The normalized spacial score (nSPS) is 13.7. The van der Waals surface area contributed by atoms with E-state index in [0.29, 0.717) is 25.5 Å². The molecule has 2 atom stereocenters. The Morgan fingerprint density at radius 2 is 1.73 bits per heavy atom. The van der Waals surface area contributed by atoms with Crippen LogP contribution in [-0.4, -0.2) is 37.6 Å². The van der Waals surface area contributed by atoms with Crippen LogP contribution in [0.2, 0.25) is 0 Å². The van der Waals surface area contributed by atoms with Gasteiger partial charge >= 0.3 is 0 Å². The zero-order chi connectivity index (χ0) is 32.7. The topological polar surface area (TPSA) is 79.5 Å². The van der Waals surface area contributed by atoms with Gasteiger partial charge in [0.15, 0.2) is 0 Å². The standard InChI is InChI=1S/C27H43N3O3.C7H7F.C3H8/c1-5-10-23(7-3)28-19-26(31)30-24(17-21-13-14-21)27(32)29-18-20(4)16-22-11-8-9-12-25(22)33-15-6-2;1-6-3-2-4-7(8)5-6;1-3-2/h8-12,20-21,24,28H,5-7,13-19H2,1-4H3,(H,29,32)(H,30,31);2-5H,1H3;3H2,1-2H3/b23-10-;;. The first-order chi connectivity index (χ1) is 21.2. The molecule has 0 aliphatic heterocycles. The van der Waals surface area contributed by atoms with Gasteiger partial charge in [0.05, 0.1) is 13.2 Å². The summed E-state index contributed by atoms with van der Waals surface area (Å²) in [6.07, 6.45) is 9.92. The second-order valence-corrected chi connectivity index (χ2v) is 11.7.